The zero-order chi connectivity index (χ0) is 15.3. The molecule has 0 radical (unpaired) electrons. The lowest BCUT2D eigenvalue weighted by molar-refractivity contribution is -0.142. The van der Waals surface area contributed by atoms with Gasteiger partial charge in [0.1, 0.15) is 6.07 Å². The Morgan fingerprint density at radius 3 is 2.65 bits per heavy atom. The minimum absolute atomic E-state index is 0.108. The molecular weight excluding hydrogens is 359 g/mol. The van der Waals surface area contributed by atoms with Crippen molar-refractivity contribution in [2.75, 3.05) is 6.61 Å². The number of alkyl halides is 3. The van der Waals surface area contributed by atoms with Crippen molar-refractivity contribution in [3.05, 3.63) is 27.7 Å². The predicted molar refractivity (Wildman–Crippen MR) is 71.1 cm³/mol. The minimum Gasteiger partial charge on any atom is -0.466 e. The maximum absolute atomic E-state index is 12.5. The monoisotopic (exact) mass is 367 g/mol. The summed E-state index contributed by atoms with van der Waals surface area (Å²) in [6, 6.07) is 4.36. The lowest BCUT2D eigenvalue weighted by Crippen LogP contribution is -2.10. The average molecular weight is 368 g/mol. The summed E-state index contributed by atoms with van der Waals surface area (Å²) in [5, 5.41) is 8.93. The molecule has 0 aliphatic carbocycles. The molecule has 0 spiro atoms. The summed E-state index contributed by atoms with van der Waals surface area (Å²) < 4.78 is 42.8. The summed E-state index contributed by atoms with van der Waals surface area (Å²) >= 11 is 2.70. The van der Waals surface area contributed by atoms with Gasteiger partial charge in [-0.05, 0) is 36.4 Å². The number of benzene rings is 1. The standard InChI is InChI=1S/C12H9BrF3NO2S/c1-2-19-10(18)5-7-3-9(13)4-8(6-17)11(7)20-12(14,15)16/h3-4H,2,5H2,1H3. The van der Waals surface area contributed by atoms with Crippen molar-refractivity contribution < 1.29 is 22.7 Å². The van der Waals surface area contributed by atoms with Gasteiger partial charge in [0.25, 0.3) is 0 Å². The number of esters is 1. The Morgan fingerprint density at radius 1 is 1.50 bits per heavy atom. The average Bonchev–Trinajstić information content (AvgIpc) is 2.31. The highest BCUT2D eigenvalue weighted by atomic mass is 79.9. The molecule has 1 aromatic rings. The highest BCUT2D eigenvalue weighted by Crippen LogP contribution is 2.41. The van der Waals surface area contributed by atoms with Gasteiger partial charge in [-0.3, -0.25) is 4.79 Å². The van der Waals surface area contributed by atoms with Gasteiger partial charge in [0.15, 0.2) is 0 Å². The van der Waals surface area contributed by atoms with Crippen LogP contribution in [-0.4, -0.2) is 18.1 Å². The molecule has 0 aromatic heterocycles. The van der Waals surface area contributed by atoms with Crippen molar-refractivity contribution in [3.63, 3.8) is 0 Å². The van der Waals surface area contributed by atoms with Crippen molar-refractivity contribution >= 4 is 33.7 Å². The fourth-order valence-electron chi connectivity index (χ4n) is 1.47. The van der Waals surface area contributed by atoms with Gasteiger partial charge >= 0.3 is 11.5 Å². The van der Waals surface area contributed by atoms with E-state index in [4.69, 9.17) is 10.00 Å². The van der Waals surface area contributed by atoms with Crippen molar-refractivity contribution in [2.45, 2.75) is 23.7 Å². The zero-order valence-electron chi connectivity index (χ0n) is 10.3. The quantitative estimate of drug-likeness (QED) is 0.595. The molecule has 0 unspecified atom stereocenters. The van der Waals surface area contributed by atoms with Crippen LogP contribution < -0.4 is 0 Å². The molecule has 20 heavy (non-hydrogen) atoms. The number of nitriles is 1. The lowest BCUT2D eigenvalue weighted by Gasteiger charge is -2.13. The van der Waals surface area contributed by atoms with Gasteiger partial charge in [0, 0.05) is 9.37 Å². The van der Waals surface area contributed by atoms with Crippen molar-refractivity contribution in [2.24, 2.45) is 0 Å². The minimum atomic E-state index is -4.54. The fraction of sp³-hybridized carbons (Fsp3) is 0.333. The normalized spacial score (nSPS) is 11.0. The fourth-order valence-corrected chi connectivity index (χ4v) is 2.68. The van der Waals surface area contributed by atoms with E-state index in [-0.39, 0.29) is 29.1 Å². The van der Waals surface area contributed by atoms with Gasteiger partial charge in [0.05, 0.1) is 18.6 Å². The number of thioether (sulfide) groups is 1. The molecule has 0 heterocycles. The zero-order valence-corrected chi connectivity index (χ0v) is 12.7. The largest absolute Gasteiger partial charge is 0.466 e. The van der Waals surface area contributed by atoms with E-state index in [9.17, 15) is 18.0 Å². The SMILES string of the molecule is CCOC(=O)Cc1cc(Br)cc(C#N)c1SC(F)(F)F. The van der Waals surface area contributed by atoms with Crippen molar-refractivity contribution in [1.82, 2.24) is 0 Å². The van der Waals surface area contributed by atoms with Crippen LogP contribution in [0.15, 0.2) is 21.5 Å². The molecule has 0 saturated heterocycles. The Hall–Kier alpha value is -1.20. The van der Waals surface area contributed by atoms with Gasteiger partial charge in [-0.2, -0.15) is 18.4 Å². The van der Waals surface area contributed by atoms with E-state index in [0.29, 0.717) is 4.47 Å². The molecule has 0 saturated carbocycles. The first-order chi connectivity index (χ1) is 9.26. The Balaban J connectivity index is 3.23. The third kappa shape index (κ3) is 5.06. The molecule has 3 nitrogen and oxygen atoms in total. The molecule has 1 aromatic carbocycles. The Kier molecular flexibility index (Phi) is 5.89. The van der Waals surface area contributed by atoms with Crippen molar-refractivity contribution in [3.8, 4) is 6.07 Å². The van der Waals surface area contributed by atoms with Crippen LogP contribution in [0.3, 0.4) is 0 Å². The molecule has 0 aliphatic rings. The molecule has 108 valence electrons. The summed E-state index contributed by atoms with van der Waals surface area (Å²) in [5.74, 6) is -0.640. The first-order valence-electron chi connectivity index (χ1n) is 5.40. The third-order valence-corrected chi connectivity index (χ3v) is 3.48. The Morgan fingerprint density at radius 2 is 2.15 bits per heavy atom. The van der Waals surface area contributed by atoms with Crippen LogP contribution in [0.5, 0.6) is 0 Å². The maximum atomic E-state index is 12.5. The van der Waals surface area contributed by atoms with Gasteiger partial charge in [-0.25, -0.2) is 0 Å². The van der Waals surface area contributed by atoms with E-state index in [1.807, 2.05) is 0 Å². The van der Waals surface area contributed by atoms with Gasteiger partial charge in [0.2, 0.25) is 0 Å². The van der Waals surface area contributed by atoms with Crippen LogP contribution in [0.2, 0.25) is 0 Å². The molecule has 0 bridgehead atoms. The van der Waals surface area contributed by atoms with E-state index in [2.05, 4.69) is 15.9 Å². The molecule has 0 aliphatic heterocycles. The number of rotatable bonds is 4. The molecule has 1 rings (SSSR count). The van der Waals surface area contributed by atoms with Crippen LogP contribution >= 0.6 is 27.7 Å². The molecular formula is C12H9BrF3NO2S. The second-order valence-corrected chi connectivity index (χ2v) is 5.57. The summed E-state index contributed by atoms with van der Waals surface area (Å²) in [6.07, 6.45) is -0.319. The second-order valence-electron chi connectivity index (χ2n) is 3.58. The van der Waals surface area contributed by atoms with E-state index in [0.717, 1.165) is 0 Å². The maximum Gasteiger partial charge on any atom is 0.446 e. The first-order valence-corrected chi connectivity index (χ1v) is 7.01. The topological polar surface area (TPSA) is 50.1 Å². The number of halogens is 4. The number of carbonyl (C=O) groups excluding carboxylic acids is 1. The Labute approximate surface area is 126 Å². The second kappa shape index (κ2) is 6.99. The summed E-state index contributed by atoms with van der Waals surface area (Å²) in [5.41, 5.74) is -4.57. The van der Waals surface area contributed by atoms with E-state index >= 15 is 0 Å². The summed E-state index contributed by atoms with van der Waals surface area (Å²) in [7, 11) is 0. The van der Waals surface area contributed by atoms with Gasteiger partial charge in [-0.15, -0.1) is 0 Å². The van der Waals surface area contributed by atoms with Gasteiger partial charge < -0.3 is 4.74 Å². The third-order valence-electron chi connectivity index (χ3n) is 2.11. The number of hydrogen-bond donors (Lipinski definition) is 0. The highest BCUT2D eigenvalue weighted by molar-refractivity contribution is 9.10. The van der Waals surface area contributed by atoms with Gasteiger partial charge in [-0.1, -0.05) is 15.9 Å². The van der Waals surface area contributed by atoms with E-state index in [1.54, 1.807) is 13.0 Å². The summed E-state index contributed by atoms with van der Waals surface area (Å²) in [4.78, 5) is 11.2. The molecule has 0 fully saturated rings. The van der Waals surface area contributed by atoms with Crippen LogP contribution in [0.4, 0.5) is 13.2 Å². The highest BCUT2D eigenvalue weighted by Gasteiger charge is 2.32. The van der Waals surface area contributed by atoms with E-state index < -0.39 is 23.2 Å². The summed E-state index contributed by atoms with van der Waals surface area (Å²) in [6.45, 7) is 1.74. The number of nitrogens with zero attached hydrogens (tertiary/aromatic N) is 1. The Bertz CT molecular complexity index is 555. The van der Waals surface area contributed by atoms with Crippen LogP contribution in [0.1, 0.15) is 18.1 Å². The van der Waals surface area contributed by atoms with E-state index in [1.165, 1.54) is 12.1 Å². The number of carbonyl (C=O) groups is 1. The molecule has 0 N–H and O–H groups in total. The van der Waals surface area contributed by atoms with Crippen LogP contribution in [0.25, 0.3) is 0 Å². The molecule has 0 amide bonds. The number of hydrogen-bond acceptors (Lipinski definition) is 4. The first kappa shape index (κ1) is 16.9. The van der Waals surface area contributed by atoms with Crippen LogP contribution in [0, 0.1) is 11.3 Å². The smallest absolute Gasteiger partial charge is 0.446 e. The number of ether oxygens (including phenoxy) is 1. The van der Waals surface area contributed by atoms with Crippen LogP contribution in [-0.2, 0) is 16.0 Å². The molecule has 0 atom stereocenters. The lowest BCUT2D eigenvalue weighted by atomic mass is 10.1. The predicted octanol–water partition coefficient (Wildman–Crippen LogP) is 4.04. The van der Waals surface area contributed by atoms with Crippen molar-refractivity contribution in [1.29, 1.82) is 5.26 Å². The molecule has 8 heteroatoms.